The number of thiol groups is 1. The van der Waals surface area contributed by atoms with Crippen molar-refractivity contribution in [3.8, 4) is 0 Å². The number of aromatic carboxylic acids is 1. The Bertz CT molecular complexity index is 289. The first-order chi connectivity index (χ1) is 5.61. The normalized spacial score (nSPS) is 9.42. The summed E-state index contributed by atoms with van der Waals surface area (Å²) in [5, 5.41) is 7.87. The van der Waals surface area contributed by atoms with Gasteiger partial charge in [-0.25, -0.2) is 14.8 Å². The van der Waals surface area contributed by atoms with Gasteiger partial charge in [-0.3, -0.25) is 4.79 Å². The lowest BCUT2D eigenvalue weighted by molar-refractivity contribution is 0.0689. The minimum atomic E-state index is -1.18. The van der Waals surface area contributed by atoms with Gasteiger partial charge in [-0.05, 0) is 0 Å². The number of rotatable bonds is 2. The van der Waals surface area contributed by atoms with E-state index in [1.54, 1.807) is 0 Å². The summed E-state index contributed by atoms with van der Waals surface area (Å²) in [5.41, 5.74) is -0.170. The van der Waals surface area contributed by atoms with Gasteiger partial charge < -0.3 is 5.11 Å². The summed E-state index contributed by atoms with van der Waals surface area (Å²) in [7, 11) is 0. The van der Waals surface area contributed by atoms with Gasteiger partial charge in [-0.2, -0.15) is 0 Å². The van der Waals surface area contributed by atoms with Crippen molar-refractivity contribution in [3.05, 3.63) is 23.8 Å². The Kier molecular flexibility index (Phi) is 2.39. The fraction of sp³-hybridized carbons (Fsp3) is 0. The molecule has 0 radical (unpaired) electrons. The van der Waals surface area contributed by atoms with Crippen molar-refractivity contribution >= 4 is 23.7 Å². The van der Waals surface area contributed by atoms with Crippen molar-refractivity contribution in [2.45, 2.75) is 0 Å². The zero-order valence-corrected chi connectivity index (χ0v) is 6.65. The van der Waals surface area contributed by atoms with Crippen molar-refractivity contribution in [2.24, 2.45) is 0 Å². The molecule has 1 N–H and O–H groups in total. The van der Waals surface area contributed by atoms with E-state index in [2.05, 4.69) is 22.6 Å². The molecule has 0 aromatic carbocycles. The first-order valence-electron chi connectivity index (χ1n) is 2.90. The van der Waals surface area contributed by atoms with Crippen LogP contribution in [-0.2, 0) is 0 Å². The number of carbonyl (C=O) groups is 2. The summed E-state index contributed by atoms with van der Waals surface area (Å²) in [5.74, 6) is -1.18. The molecule has 1 heterocycles. The molecule has 0 spiro atoms. The molecule has 0 aliphatic carbocycles. The molecule has 0 atom stereocenters. The van der Waals surface area contributed by atoms with Crippen LogP contribution in [0.15, 0.2) is 12.4 Å². The summed E-state index contributed by atoms with van der Waals surface area (Å²) < 4.78 is 0. The predicted octanol–water partition coefficient (Wildman–Crippen LogP) is 0.245. The first-order valence-corrected chi connectivity index (χ1v) is 3.34. The molecule has 0 aliphatic heterocycles. The van der Waals surface area contributed by atoms with E-state index < -0.39 is 11.1 Å². The molecule has 0 amide bonds. The highest BCUT2D eigenvalue weighted by molar-refractivity contribution is 7.97. The smallest absolute Gasteiger partial charge is 0.356 e. The number of hydrogen-bond donors (Lipinski definition) is 2. The van der Waals surface area contributed by atoms with E-state index in [4.69, 9.17) is 5.11 Å². The molecule has 62 valence electrons. The standard InChI is InChI=1S/C6H4N2O3S/c9-5(10)3-1-8-4(2-7-3)6(11)12/h1-2H,(H,9,10)(H,11,12). The third-order valence-corrected chi connectivity index (χ3v) is 1.32. The van der Waals surface area contributed by atoms with Crippen LogP contribution in [0.3, 0.4) is 0 Å². The molecule has 6 heteroatoms. The highest BCUT2D eigenvalue weighted by Gasteiger charge is 2.06. The van der Waals surface area contributed by atoms with Crippen molar-refractivity contribution in [3.63, 3.8) is 0 Å². The molecular weight excluding hydrogens is 180 g/mol. The molecule has 12 heavy (non-hydrogen) atoms. The summed E-state index contributed by atoms with van der Waals surface area (Å²) in [6.45, 7) is 0. The van der Waals surface area contributed by atoms with Crippen molar-refractivity contribution in [1.82, 2.24) is 9.97 Å². The van der Waals surface area contributed by atoms with Crippen LogP contribution >= 0.6 is 12.6 Å². The van der Waals surface area contributed by atoms with Gasteiger partial charge in [-0.15, -0.1) is 0 Å². The van der Waals surface area contributed by atoms with Crippen LogP contribution in [0, 0.1) is 0 Å². The van der Waals surface area contributed by atoms with E-state index in [9.17, 15) is 9.59 Å². The molecular formula is C6H4N2O3S. The van der Waals surface area contributed by atoms with Crippen molar-refractivity contribution in [1.29, 1.82) is 0 Å². The lowest BCUT2D eigenvalue weighted by Gasteiger charge is -1.93. The number of aromatic nitrogens is 2. The van der Waals surface area contributed by atoms with Crippen LogP contribution < -0.4 is 0 Å². The largest absolute Gasteiger partial charge is 0.476 e. The zero-order valence-electron chi connectivity index (χ0n) is 5.76. The predicted molar refractivity (Wildman–Crippen MR) is 42.3 cm³/mol. The Morgan fingerprint density at radius 2 is 1.75 bits per heavy atom. The molecule has 0 aliphatic rings. The summed E-state index contributed by atoms with van der Waals surface area (Å²) in [6.07, 6.45) is 2.07. The molecule has 0 fully saturated rings. The molecule has 0 bridgehead atoms. The Hall–Kier alpha value is -1.43. The first kappa shape index (κ1) is 8.66. The lowest BCUT2D eigenvalue weighted by atomic mass is 10.4. The minimum Gasteiger partial charge on any atom is -0.476 e. The van der Waals surface area contributed by atoms with E-state index in [0.29, 0.717) is 0 Å². The number of carboxylic acid groups (broad SMARTS) is 1. The van der Waals surface area contributed by atoms with Gasteiger partial charge in [0, 0.05) is 0 Å². The maximum absolute atomic E-state index is 10.5. The highest BCUT2D eigenvalue weighted by Crippen LogP contribution is 1.98. The van der Waals surface area contributed by atoms with Gasteiger partial charge in [0.05, 0.1) is 12.4 Å². The average Bonchev–Trinajstić information content (AvgIpc) is 2.04. The second kappa shape index (κ2) is 3.31. The van der Waals surface area contributed by atoms with Crippen LogP contribution in [0.2, 0.25) is 0 Å². The molecule has 5 nitrogen and oxygen atoms in total. The third-order valence-electron chi connectivity index (χ3n) is 1.09. The van der Waals surface area contributed by atoms with Gasteiger partial charge in [0.1, 0.15) is 5.69 Å². The van der Waals surface area contributed by atoms with Crippen LogP contribution in [0.25, 0.3) is 0 Å². The molecule has 0 unspecified atom stereocenters. The zero-order chi connectivity index (χ0) is 9.14. The van der Waals surface area contributed by atoms with Crippen LogP contribution in [0.5, 0.6) is 0 Å². The maximum Gasteiger partial charge on any atom is 0.356 e. The quantitative estimate of drug-likeness (QED) is 0.644. The second-order valence-corrected chi connectivity index (χ2v) is 2.30. The Labute approximate surface area is 72.9 Å². The number of nitrogens with zero attached hydrogens (tertiary/aromatic N) is 2. The van der Waals surface area contributed by atoms with Crippen LogP contribution in [-0.4, -0.2) is 26.2 Å². The number of carboxylic acids is 1. The number of hydrogen-bond acceptors (Lipinski definition) is 4. The summed E-state index contributed by atoms with van der Waals surface area (Å²) >= 11 is 3.48. The van der Waals surface area contributed by atoms with E-state index >= 15 is 0 Å². The lowest BCUT2D eigenvalue weighted by Crippen LogP contribution is -2.03. The molecule has 1 aromatic rings. The SMILES string of the molecule is O=C(O)c1cnc(C(=O)S)cn1. The van der Waals surface area contributed by atoms with Crippen molar-refractivity contribution in [2.75, 3.05) is 0 Å². The van der Waals surface area contributed by atoms with E-state index in [0.717, 1.165) is 12.4 Å². The fourth-order valence-corrected chi connectivity index (χ4v) is 0.664. The van der Waals surface area contributed by atoms with Gasteiger partial charge >= 0.3 is 5.97 Å². The van der Waals surface area contributed by atoms with E-state index in [-0.39, 0.29) is 11.4 Å². The molecule has 0 saturated carbocycles. The second-order valence-electron chi connectivity index (χ2n) is 1.90. The Morgan fingerprint density at radius 1 is 1.25 bits per heavy atom. The Balaban J connectivity index is 3.01. The molecule has 1 rings (SSSR count). The van der Waals surface area contributed by atoms with Crippen molar-refractivity contribution < 1.29 is 14.7 Å². The topological polar surface area (TPSA) is 80.1 Å². The maximum atomic E-state index is 10.5. The van der Waals surface area contributed by atoms with Gasteiger partial charge in [-0.1, -0.05) is 12.6 Å². The van der Waals surface area contributed by atoms with Crippen LogP contribution in [0.4, 0.5) is 0 Å². The minimum absolute atomic E-state index is 0.0309. The third kappa shape index (κ3) is 1.79. The van der Waals surface area contributed by atoms with Gasteiger partial charge in [0.2, 0.25) is 5.12 Å². The highest BCUT2D eigenvalue weighted by atomic mass is 32.1. The van der Waals surface area contributed by atoms with E-state index in [1.165, 1.54) is 0 Å². The summed E-state index contributed by atoms with van der Waals surface area (Å²) in [4.78, 5) is 27.8. The molecule has 1 aromatic heterocycles. The van der Waals surface area contributed by atoms with Gasteiger partial charge in [0.25, 0.3) is 0 Å². The van der Waals surface area contributed by atoms with Crippen LogP contribution in [0.1, 0.15) is 21.0 Å². The molecule has 0 saturated heterocycles. The average molecular weight is 184 g/mol. The fourth-order valence-electron chi connectivity index (χ4n) is 0.549. The Morgan fingerprint density at radius 3 is 2.08 bits per heavy atom. The van der Waals surface area contributed by atoms with Gasteiger partial charge in [0.15, 0.2) is 5.69 Å². The van der Waals surface area contributed by atoms with E-state index in [1.807, 2.05) is 0 Å². The number of carbonyl (C=O) groups excluding carboxylic acids is 1. The summed E-state index contributed by atoms with van der Waals surface area (Å²) in [6, 6.07) is 0. The monoisotopic (exact) mass is 184 g/mol.